The molecule has 0 amide bonds. The average molecular weight is 146 g/mol. The average Bonchev–Trinajstić information content (AvgIpc) is 2.03. The van der Waals surface area contributed by atoms with E-state index < -0.39 is 0 Å². The van der Waals surface area contributed by atoms with Gasteiger partial charge in [0, 0.05) is 6.42 Å². The molecule has 0 aliphatic rings. The molecule has 1 aromatic rings. The molecule has 58 valence electrons. The second-order valence-corrected chi connectivity index (χ2v) is 3.14. The highest BCUT2D eigenvalue weighted by molar-refractivity contribution is 5.22. The highest BCUT2D eigenvalue weighted by Crippen LogP contribution is 2.09. The lowest BCUT2D eigenvalue weighted by Crippen LogP contribution is -1.88. The molecule has 0 heterocycles. The summed E-state index contributed by atoms with van der Waals surface area (Å²) in [5.41, 5.74) is 1.21. The third kappa shape index (κ3) is 3.22. The Labute approximate surface area is 69.3 Å². The Hall–Kier alpha value is -0.780. The summed E-state index contributed by atoms with van der Waals surface area (Å²) in [5.74, 6) is 0.704. The fraction of sp³-hybridized carbons (Fsp3) is 0.364. The minimum absolute atomic E-state index is 0.704. The van der Waals surface area contributed by atoms with Gasteiger partial charge in [-0.2, -0.15) is 0 Å². The lowest BCUT2D eigenvalue weighted by Gasteiger charge is -2.02. The van der Waals surface area contributed by atoms with Crippen molar-refractivity contribution in [1.29, 1.82) is 0 Å². The van der Waals surface area contributed by atoms with Gasteiger partial charge in [0.25, 0.3) is 0 Å². The Kier molecular flexibility index (Phi) is 3.15. The summed E-state index contributed by atoms with van der Waals surface area (Å²) in [4.78, 5) is 0. The van der Waals surface area contributed by atoms with Crippen LogP contribution in [0.2, 0.25) is 0 Å². The maximum absolute atomic E-state index is 3.34. The maximum Gasteiger partial charge on any atom is 0.0167 e. The molecule has 1 aromatic carbocycles. The molecule has 0 spiro atoms. The molecule has 0 unspecified atom stereocenters. The van der Waals surface area contributed by atoms with Crippen molar-refractivity contribution in [2.45, 2.75) is 20.3 Å². The largest absolute Gasteiger partial charge is 0.0627 e. The fourth-order valence-corrected chi connectivity index (χ4v) is 0.878. The van der Waals surface area contributed by atoms with Crippen molar-refractivity contribution in [2.24, 2.45) is 5.92 Å². The lowest BCUT2D eigenvalue weighted by atomic mass is 10.0. The predicted molar refractivity (Wildman–Crippen MR) is 48.2 cm³/mol. The van der Waals surface area contributed by atoms with E-state index in [9.17, 15) is 0 Å². The van der Waals surface area contributed by atoms with Crippen molar-refractivity contribution in [2.75, 3.05) is 0 Å². The van der Waals surface area contributed by atoms with E-state index in [4.69, 9.17) is 0 Å². The van der Waals surface area contributed by atoms with E-state index >= 15 is 0 Å². The van der Waals surface area contributed by atoms with E-state index in [1.165, 1.54) is 5.56 Å². The van der Waals surface area contributed by atoms with E-state index in [0.717, 1.165) is 6.42 Å². The monoisotopic (exact) mass is 146 g/mol. The van der Waals surface area contributed by atoms with Gasteiger partial charge in [0.05, 0.1) is 0 Å². The molecule has 0 fully saturated rings. The van der Waals surface area contributed by atoms with Crippen LogP contribution in [0.3, 0.4) is 0 Å². The SMILES string of the molecule is CC(C)C[C]c1ccccc1. The summed E-state index contributed by atoms with van der Waals surface area (Å²) in [6.45, 7) is 4.41. The Morgan fingerprint density at radius 1 is 1.18 bits per heavy atom. The second-order valence-electron chi connectivity index (χ2n) is 3.14. The molecule has 0 aromatic heterocycles. The number of hydrogen-bond acceptors (Lipinski definition) is 0. The summed E-state index contributed by atoms with van der Waals surface area (Å²) >= 11 is 0. The van der Waals surface area contributed by atoms with E-state index in [2.05, 4.69) is 32.4 Å². The molecule has 11 heavy (non-hydrogen) atoms. The number of rotatable bonds is 3. The van der Waals surface area contributed by atoms with Gasteiger partial charge in [-0.15, -0.1) is 0 Å². The fourth-order valence-electron chi connectivity index (χ4n) is 0.878. The minimum Gasteiger partial charge on any atom is -0.0627 e. The zero-order chi connectivity index (χ0) is 8.10. The molecule has 0 atom stereocenters. The van der Waals surface area contributed by atoms with Gasteiger partial charge in [-0.3, -0.25) is 0 Å². The molecule has 0 saturated heterocycles. The van der Waals surface area contributed by atoms with Crippen LogP contribution in [0.15, 0.2) is 30.3 Å². The van der Waals surface area contributed by atoms with Crippen molar-refractivity contribution in [1.82, 2.24) is 0 Å². The van der Waals surface area contributed by atoms with Gasteiger partial charge in [-0.1, -0.05) is 44.2 Å². The van der Waals surface area contributed by atoms with Gasteiger partial charge in [0.1, 0.15) is 0 Å². The van der Waals surface area contributed by atoms with Crippen LogP contribution in [-0.2, 0) is 0 Å². The summed E-state index contributed by atoms with van der Waals surface area (Å²) in [6, 6.07) is 10.3. The highest BCUT2D eigenvalue weighted by atomic mass is 14.0. The Balaban J connectivity index is 2.39. The molecule has 0 saturated carbocycles. The van der Waals surface area contributed by atoms with Crippen molar-refractivity contribution >= 4 is 0 Å². The van der Waals surface area contributed by atoms with Gasteiger partial charge >= 0.3 is 0 Å². The maximum atomic E-state index is 3.34. The molecule has 0 aliphatic carbocycles. The van der Waals surface area contributed by atoms with Gasteiger partial charge in [0.2, 0.25) is 0 Å². The summed E-state index contributed by atoms with van der Waals surface area (Å²) in [7, 11) is 0. The van der Waals surface area contributed by atoms with E-state index in [-0.39, 0.29) is 0 Å². The second kappa shape index (κ2) is 4.17. The predicted octanol–water partition coefficient (Wildman–Crippen LogP) is 3.16. The summed E-state index contributed by atoms with van der Waals surface area (Å²) in [5, 5.41) is 0. The van der Waals surface area contributed by atoms with Gasteiger partial charge < -0.3 is 0 Å². The topological polar surface area (TPSA) is 0 Å². The van der Waals surface area contributed by atoms with Gasteiger partial charge in [-0.05, 0) is 17.9 Å². The molecular weight excluding hydrogens is 132 g/mol. The minimum atomic E-state index is 0.704. The molecule has 0 N–H and O–H groups in total. The molecule has 0 heteroatoms. The van der Waals surface area contributed by atoms with Crippen LogP contribution in [0.1, 0.15) is 25.8 Å². The van der Waals surface area contributed by atoms with Crippen LogP contribution >= 0.6 is 0 Å². The first-order valence-corrected chi connectivity index (χ1v) is 4.08. The van der Waals surface area contributed by atoms with Crippen LogP contribution in [0.25, 0.3) is 0 Å². The van der Waals surface area contributed by atoms with Crippen LogP contribution in [0.5, 0.6) is 0 Å². The molecule has 1 rings (SSSR count). The van der Waals surface area contributed by atoms with Crippen LogP contribution < -0.4 is 0 Å². The number of benzene rings is 1. The highest BCUT2D eigenvalue weighted by Gasteiger charge is 1.95. The summed E-state index contributed by atoms with van der Waals surface area (Å²) in [6.07, 6.45) is 4.39. The van der Waals surface area contributed by atoms with Gasteiger partial charge in [0.15, 0.2) is 0 Å². The van der Waals surface area contributed by atoms with Crippen LogP contribution in [0.4, 0.5) is 0 Å². The third-order valence-corrected chi connectivity index (χ3v) is 1.49. The molecule has 2 radical (unpaired) electrons. The van der Waals surface area contributed by atoms with Gasteiger partial charge in [-0.25, -0.2) is 0 Å². The van der Waals surface area contributed by atoms with E-state index in [1.54, 1.807) is 0 Å². The zero-order valence-corrected chi connectivity index (χ0v) is 7.17. The molecule has 0 bridgehead atoms. The van der Waals surface area contributed by atoms with E-state index in [1.807, 2.05) is 18.2 Å². The zero-order valence-electron chi connectivity index (χ0n) is 7.17. The first-order chi connectivity index (χ1) is 5.29. The first kappa shape index (κ1) is 8.32. The van der Waals surface area contributed by atoms with Crippen molar-refractivity contribution in [3.63, 3.8) is 0 Å². The number of hydrogen-bond donors (Lipinski definition) is 0. The normalized spacial score (nSPS) is 10.5. The van der Waals surface area contributed by atoms with E-state index in [0.29, 0.717) is 5.92 Å². The van der Waals surface area contributed by atoms with Crippen molar-refractivity contribution in [3.8, 4) is 0 Å². The Morgan fingerprint density at radius 2 is 1.82 bits per heavy atom. The Morgan fingerprint density at radius 3 is 2.36 bits per heavy atom. The quantitative estimate of drug-likeness (QED) is 0.614. The van der Waals surface area contributed by atoms with Crippen molar-refractivity contribution in [3.05, 3.63) is 42.3 Å². The molecule has 0 nitrogen and oxygen atoms in total. The standard InChI is InChI=1S/C11H14/c1-10(2)8-9-11-6-4-3-5-7-11/h3-7,10H,8H2,1-2H3. The third-order valence-electron chi connectivity index (χ3n) is 1.49. The Bertz CT molecular complexity index is 186. The smallest absolute Gasteiger partial charge is 0.0167 e. The van der Waals surface area contributed by atoms with Crippen molar-refractivity contribution < 1.29 is 0 Å². The molecular formula is C11H14. The van der Waals surface area contributed by atoms with Crippen LogP contribution in [-0.4, -0.2) is 0 Å². The van der Waals surface area contributed by atoms with Crippen LogP contribution in [0, 0.1) is 12.3 Å². The first-order valence-electron chi connectivity index (χ1n) is 4.08. The summed E-state index contributed by atoms with van der Waals surface area (Å²) < 4.78 is 0. The molecule has 0 aliphatic heterocycles. The lowest BCUT2D eigenvalue weighted by molar-refractivity contribution is 0.644.